The number of nitrogens with zero attached hydrogens (tertiary/aromatic N) is 2. The monoisotopic (exact) mass is 359 g/mol. The van der Waals surface area contributed by atoms with E-state index in [-0.39, 0.29) is 23.7 Å². The van der Waals surface area contributed by atoms with E-state index in [0.717, 1.165) is 12.1 Å². The fourth-order valence-corrected chi connectivity index (χ4v) is 3.14. The summed E-state index contributed by atoms with van der Waals surface area (Å²) in [7, 11) is 0. The molecule has 3 rings (SSSR count). The summed E-state index contributed by atoms with van der Waals surface area (Å²) in [5.74, 6) is -2.35. The van der Waals surface area contributed by atoms with Gasteiger partial charge in [-0.05, 0) is 41.8 Å². The van der Waals surface area contributed by atoms with Gasteiger partial charge in [-0.3, -0.25) is 4.79 Å². The molecule has 1 N–H and O–H groups in total. The molecule has 0 spiro atoms. The van der Waals surface area contributed by atoms with Gasteiger partial charge in [0.05, 0.1) is 17.7 Å². The van der Waals surface area contributed by atoms with E-state index in [1.54, 1.807) is 17.0 Å². The summed E-state index contributed by atoms with van der Waals surface area (Å²) < 4.78 is 42.1. The molecule has 1 aliphatic heterocycles. The van der Waals surface area contributed by atoms with Crippen LogP contribution in [0.3, 0.4) is 0 Å². The van der Waals surface area contributed by atoms with Gasteiger partial charge in [-0.15, -0.1) is 0 Å². The summed E-state index contributed by atoms with van der Waals surface area (Å²) in [6.45, 7) is 2.02. The summed E-state index contributed by atoms with van der Waals surface area (Å²) in [6.07, 6.45) is 0.400. The zero-order chi connectivity index (χ0) is 18.8. The maximum atomic E-state index is 14.2. The molecule has 26 heavy (non-hydrogen) atoms. The molecule has 0 aliphatic carbocycles. The molecule has 1 atom stereocenters. The average molecular weight is 359 g/mol. The highest BCUT2D eigenvalue weighted by Crippen LogP contribution is 2.32. The Bertz CT molecular complexity index is 884. The van der Waals surface area contributed by atoms with Gasteiger partial charge in [0.15, 0.2) is 11.6 Å². The van der Waals surface area contributed by atoms with Crippen LogP contribution >= 0.6 is 0 Å². The van der Waals surface area contributed by atoms with Crippen molar-refractivity contribution in [3.8, 4) is 6.07 Å². The third kappa shape index (κ3) is 3.49. The van der Waals surface area contributed by atoms with Crippen molar-refractivity contribution in [2.45, 2.75) is 25.9 Å². The van der Waals surface area contributed by atoms with Gasteiger partial charge in [0.2, 0.25) is 5.91 Å². The van der Waals surface area contributed by atoms with Crippen LogP contribution in [0, 0.1) is 28.8 Å². The molecule has 0 aromatic heterocycles. The van der Waals surface area contributed by atoms with Gasteiger partial charge in [-0.2, -0.15) is 5.26 Å². The minimum atomic E-state index is -0.877. The molecule has 0 radical (unpaired) electrons. The standard InChI is InChI=1S/C19H16F3N3O/c1-11(26)25-5-4-18(15-3-2-14(20)8-13(15)10-25)24-19-16(21)6-12(9-23)7-17(19)22/h2-3,6-8,18,24H,4-5,10H2,1H3. The maximum Gasteiger partial charge on any atom is 0.219 e. The SMILES string of the molecule is CC(=O)N1CCC(Nc2c(F)cc(C#N)cc2F)c2ccc(F)cc2C1. The van der Waals surface area contributed by atoms with E-state index in [1.807, 2.05) is 0 Å². The van der Waals surface area contributed by atoms with Crippen LogP contribution in [0.1, 0.15) is 36.1 Å². The van der Waals surface area contributed by atoms with Crippen LogP contribution in [-0.4, -0.2) is 17.4 Å². The zero-order valence-corrected chi connectivity index (χ0v) is 14.0. The molecule has 134 valence electrons. The van der Waals surface area contributed by atoms with Gasteiger partial charge in [-0.1, -0.05) is 6.07 Å². The highest BCUT2D eigenvalue weighted by molar-refractivity contribution is 5.73. The van der Waals surface area contributed by atoms with E-state index in [9.17, 15) is 18.0 Å². The summed E-state index contributed by atoms with van der Waals surface area (Å²) >= 11 is 0. The Hall–Kier alpha value is -3.01. The van der Waals surface area contributed by atoms with Crippen LogP contribution in [0.15, 0.2) is 30.3 Å². The van der Waals surface area contributed by atoms with Crippen LogP contribution in [0.4, 0.5) is 18.9 Å². The van der Waals surface area contributed by atoms with E-state index in [0.29, 0.717) is 24.1 Å². The smallest absolute Gasteiger partial charge is 0.219 e. The normalized spacial score (nSPS) is 16.4. The summed E-state index contributed by atoms with van der Waals surface area (Å²) in [5, 5.41) is 11.6. The lowest BCUT2D eigenvalue weighted by Gasteiger charge is -2.21. The van der Waals surface area contributed by atoms with E-state index < -0.39 is 23.5 Å². The summed E-state index contributed by atoms with van der Waals surface area (Å²) in [5.41, 5.74) is 0.806. The van der Waals surface area contributed by atoms with Gasteiger partial charge in [0.25, 0.3) is 0 Å². The van der Waals surface area contributed by atoms with Crippen LogP contribution in [0.5, 0.6) is 0 Å². The second-order valence-electron chi connectivity index (χ2n) is 6.20. The average Bonchev–Trinajstić information content (AvgIpc) is 2.77. The van der Waals surface area contributed by atoms with Crippen molar-refractivity contribution in [1.82, 2.24) is 4.90 Å². The third-order valence-electron chi connectivity index (χ3n) is 4.46. The molecule has 2 aromatic rings. The quantitative estimate of drug-likeness (QED) is 0.885. The Balaban J connectivity index is 1.99. The highest BCUT2D eigenvalue weighted by atomic mass is 19.1. The van der Waals surface area contributed by atoms with Crippen molar-refractivity contribution in [3.63, 3.8) is 0 Å². The van der Waals surface area contributed by atoms with Gasteiger partial charge < -0.3 is 10.2 Å². The molecule has 1 amide bonds. The predicted molar refractivity (Wildman–Crippen MR) is 89.5 cm³/mol. The third-order valence-corrected chi connectivity index (χ3v) is 4.46. The number of carbonyl (C=O) groups is 1. The minimum absolute atomic E-state index is 0.114. The zero-order valence-electron chi connectivity index (χ0n) is 14.0. The van der Waals surface area contributed by atoms with Gasteiger partial charge in [-0.25, -0.2) is 13.2 Å². The topological polar surface area (TPSA) is 56.1 Å². The van der Waals surface area contributed by atoms with Gasteiger partial charge >= 0.3 is 0 Å². The van der Waals surface area contributed by atoms with E-state index in [2.05, 4.69) is 5.32 Å². The Kier molecular flexibility index (Phi) is 4.85. The number of hydrogen-bond acceptors (Lipinski definition) is 3. The number of carbonyl (C=O) groups excluding carboxylic acids is 1. The largest absolute Gasteiger partial charge is 0.373 e. The van der Waals surface area contributed by atoms with Crippen molar-refractivity contribution < 1.29 is 18.0 Å². The van der Waals surface area contributed by atoms with Crippen molar-refractivity contribution >= 4 is 11.6 Å². The Labute approximate surface area is 148 Å². The number of benzene rings is 2. The number of halogens is 3. The van der Waals surface area contributed by atoms with Crippen molar-refractivity contribution in [3.05, 3.63) is 64.5 Å². The highest BCUT2D eigenvalue weighted by Gasteiger charge is 2.25. The lowest BCUT2D eigenvalue weighted by atomic mass is 9.98. The molecule has 1 aliphatic rings. The Morgan fingerprint density at radius 1 is 1.23 bits per heavy atom. The van der Waals surface area contributed by atoms with Crippen LogP contribution < -0.4 is 5.32 Å². The molecule has 0 fully saturated rings. The molecule has 0 saturated carbocycles. The van der Waals surface area contributed by atoms with Gasteiger partial charge in [0, 0.05) is 20.0 Å². The van der Waals surface area contributed by atoms with Crippen LogP contribution in [0.25, 0.3) is 0 Å². The molecule has 0 bridgehead atoms. The first-order valence-corrected chi connectivity index (χ1v) is 8.08. The number of rotatable bonds is 2. The van der Waals surface area contributed by atoms with Crippen LogP contribution in [0.2, 0.25) is 0 Å². The molecule has 0 saturated heterocycles. The van der Waals surface area contributed by atoms with Crippen molar-refractivity contribution in [2.24, 2.45) is 0 Å². The predicted octanol–water partition coefficient (Wildman–Crippen LogP) is 3.88. The second-order valence-corrected chi connectivity index (χ2v) is 6.20. The number of hydrogen-bond donors (Lipinski definition) is 1. The second kappa shape index (κ2) is 7.08. The molecular weight excluding hydrogens is 343 g/mol. The van der Waals surface area contributed by atoms with E-state index in [4.69, 9.17) is 5.26 Å². The molecule has 1 unspecified atom stereocenters. The first-order valence-electron chi connectivity index (χ1n) is 8.08. The number of anilines is 1. The van der Waals surface area contributed by atoms with Gasteiger partial charge in [0.1, 0.15) is 11.5 Å². The molecule has 7 heteroatoms. The fraction of sp³-hybridized carbons (Fsp3) is 0.263. The molecular formula is C19H16F3N3O. The van der Waals surface area contributed by atoms with E-state index >= 15 is 0 Å². The van der Waals surface area contributed by atoms with Crippen molar-refractivity contribution in [1.29, 1.82) is 5.26 Å². The Morgan fingerprint density at radius 2 is 1.92 bits per heavy atom. The molecule has 2 aromatic carbocycles. The Morgan fingerprint density at radius 3 is 2.54 bits per heavy atom. The lowest BCUT2D eigenvalue weighted by Crippen LogP contribution is -2.28. The lowest BCUT2D eigenvalue weighted by molar-refractivity contribution is -0.129. The molecule has 4 nitrogen and oxygen atoms in total. The fourth-order valence-electron chi connectivity index (χ4n) is 3.14. The number of fused-ring (bicyclic) bond motifs is 1. The van der Waals surface area contributed by atoms with E-state index in [1.165, 1.54) is 19.1 Å². The van der Waals surface area contributed by atoms with Crippen LogP contribution in [-0.2, 0) is 11.3 Å². The van der Waals surface area contributed by atoms with Crippen molar-refractivity contribution in [2.75, 3.05) is 11.9 Å². The minimum Gasteiger partial charge on any atom is -0.373 e. The summed E-state index contributed by atoms with van der Waals surface area (Å²) in [6, 6.07) is 7.27. The molecule has 1 heterocycles. The number of nitriles is 1. The summed E-state index contributed by atoms with van der Waals surface area (Å²) in [4.78, 5) is 13.3. The first-order chi connectivity index (χ1) is 12.4. The number of nitrogens with one attached hydrogen (secondary N) is 1. The number of amides is 1. The maximum absolute atomic E-state index is 14.2. The first kappa shape index (κ1) is 17.8.